The van der Waals surface area contributed by atoms with Crippen LogP contribution < -0.4 is 0 Å². The van der Waals surface area contributed by atoms with E-state index in [1.807, 2.05) is 13.8 Å². The van der Waals surface area contributed by atoms with E-state index in [1.54, 1.807) is 20.1 Å². The fraction of sp³-hybridized carbons (Fsp3) is 0.750. The SMILES string of the molecule is C=CCCOC(C)(CC(C)(C)OC)C(=O)O. The van der Waals surface area contributed by atoms with E-state index < -0.39 is 17.2 Å². The second-order valence-electron chi connectivity index (χ2n) is 4.60. The molecule has 0 spiro atoms. The van der Waals surface area contributed by atoms with E-state index in [-0.39, 0.29) is 0 Å². The van der Waals surface area contributed by atoms with Gasteiger partial charge in [-0.15, -0.1) is 6.58 Å². The van der Waals surface area contributed by atoms with Gasteiger partial charge >= 0.3 is 5.97 Å². The van der Waals surface area contributed by atoms with Crippen LogP contribution in [-0.4, -0.2) is 36.0 Å². The summed E-state index contributed by atoms with van der Waals surface area (Å²) in [6.45, 7) is 9.16. The minimum atomic E-state index is -1.22. The third-order valence-corrected chi connectivity index (χ3v) is 2.51. The molecule has 0 heterocycles. The molecule has 1 unspecified atom stereocenters. The third-order valence-electron chi connectivity index (χ3n) is 2.51. The normalized spacial score (nSPS) is 15.5. The number of carbonyl (C=O) groups is 1. The molecule has 0 saturated heterocycles. The minimum Gasteiger partial charge on any atom is -0.479 e. The molecule has 0 fully saturated rings. The van der Waals surface area contributed by atoms with Gasteiger partial charge in [0.25, 0.3) is 0 Å². The van der Waals surface area contributed by atoms with Crippen LogP contribution in [0.2, 0.25) is 0 Å². The van der Waals surface area contributed by atoms with Crippen LogP contribution in [0.15, 0.2) is 12.7 Å². The number of hydrogen-bond donors (Lipinski definition) is 1. The maximum atomic E-state index is 11.2. The minimum absolute atomic E-state index is 0.295. The van der Waals surface area contributed by atoms with Crippen LogP contribution >= 0.6 is 0 Å². The fourth-order valence-electron chi connectivity index (χ4n) is 1.44. The van der Waals surface area contributed by atoms with E-state index in [1.165, 1.54) is 0 Å². The van der Waals surface area contributed by atoms with Gasteiger partial charge in [0.15, 0.2) is 5.60 Å². The number of methoxy groups -OCH3 is 1. The van der Waals surface area contributed by atoms with Gasteiger partial charge in [0.1, 0.15) is 0 Å². The summed E-state index contributed by atoms with van der Waals surface area (Å²) in [6.07, 6.45) is 2.63. The van der Waals surface area contributed by atoms with E-state index in [4.69, 9.17) is 9.47 Å². The zero-order valence-corrected chi connectivity index (χ0v) is 10.6. The fourth-order valence-corrected chi connectivity index (χ4v) is 1.44. The van der Waals surface area contributed by atoms with Crippen molar-refractivity contribution in [2.24, 2.45) is 0 Å². The van der Waals surface area contributed by atoms with Crippen LogP contribution in [0, 0.1) is 0 Å². The zero-order valence-electron chi connectivity index (χ0n) is 10.6. The maximum Gasteiger partial charge on any atom is 0.335 e. The molecule has 0 aromatic carbocycles. The van der Waals surface area contributed by atoms with Gasteiger partial charge in [-0.25, -0.2) is 4.79 Å². The molecule has 94 valence electrons. The molecular weight excluding hydrogens is 208 g/mol. The third kappa shape index (κ3) is 4.77. The number of ether oxygens (including phenoxy) is 2. The molecule has 0 aliphatic rings. The average Bonchev–Trinajstić information content (AvgIpc) is 2.17. The van der Waals surface area contributed by atoms with Crippen molar-refractivity contribution in [3.8, 4) is 0 Å². The summed E-state index contributed by atoms with van der Waals surface area (Å²) in [5.41, 5.74) is -1.75. The van der Waals surface area contributed by atoms with Crippen LogP contribution in [0.1, 0.15) is 33.6 Å². The highest BCUT2D eigenvalue weighted by Gasteiger charge is 2.40. The highest BCUT2D eigenvalue weighted by atomic mass is 16.5. The van der Waals surface area contributed by atoms with Crippen LogP contribution in [0.25, 0.3) is 0 Å². The molecule has 0 amide bonds. The molecule has 4 heteroatoms. The van der Waals surface area contributed by atoms with E-state index in [9.17, 15) is 9.90 Å². The predicted molar refractivity (Wildman–Crippen MR) is 62.5 cm³/mol. The van der Waals surface area contributed by atoms with E-state index >= 15 is 0 Å². The van der Waals surface area contributed by atoms with Crippen molar-refractivity contribution in [1.82, 2.24) is 0 Å². The Morgan fingerprint density at radius 2 is 2.00 bits per heavy atom. The molecule has 0 aromatic heterocycles. The van der Waals surface area contributed by atoms with Crippen molar-refractivity contribution in [1.29, 1.82) is 0 Å². The first-order valence-corrected chi connectivity index (χ1v) is 5.31. The van der Waals surface area contributed by atoms with E-state index in [0.29, 0.717) is 19.4 Å². The molecular formula is C12H22O4. The Hall–Kier alpha value is -0.870. The Morgan fingerprint density at radius 3 is 2.38 bits per heavy atom. The molecule has 0 aliphatic carbocycles. The summed E-state index contributed by atoms with van der Waals surface area (Å²) >= 11 is 0. The maximum absolute atomic E-state index is 11.2. The molecule has 0 aliphatic heterocycles. The van der Waals surface area contributed by atoms with Crippen LogP contribution in [0.3, 0.4) is 0 Å². The van der Waals surface area contributed by atoms with Crippen molar-refractivity contribution in [3.63, 3.8) is 0 Å². The van der Waals surface area contributed by atoms with Crippen molar-refractivity contribution in [3.05, 3.63) is 12.7 Å². The first-order chi connectivity index (χ1) is 7.27. The monoisotopic (exact) mass is 230 g/mol. The van der Waals surface area contributed by atoms with E-state index in [2.05, 4.69) is 6.58 Å². The summed E-state index contributed by atoms with van der Waals surface area (Å²) in [5, 5.41) is 9.18. The summed E-state index contributed by atoms with van der Waals surface area (Å²) in [5.74, 6) is -0.971. The summed E-state index contributed by atoms with van der Waals surface area (Å²) in [7, 11) is 1.56. The van der Waals surface area contributed by atoms with Gasteiger partial charge in [0, 0.05) is 13.5 Å². The lowest BCUT2D eigenvalue weighted by Gasteiger charge is -2.33. The van der Waals surface area contributed by atoms with Crippen LogP contribution in [0.5, 0.6) is 0 Å². The number of rotatable bonds is 8. The Morgan fingerprint density at radius 1 is 1.44 bits per heavy atom. The average molecular weight is 230 g/mol. The van der Waals surface area contributed by atoms with Gasteiger partial charge in [-0.2, -0.15) is 0 Å². The molecule has 4 nitrogen and oxygen atoms in total. The highest BCUT2D eigenvalue weighted by molar-refractivity contribution is 5.77. The number of carboxylic acid groups (broad SMARTS) is 1. The predicted octanol–water partition coefficient (Wildman–Crippen LogP) is 2.24. The molecule has 0 bridgehead atoms. The molecule has 16 heavy (non-hydrogen) atoms. The molecule has 1 N–H and O–H groups in total. The molecule has 0 rings (SSSR count). The van der Waals surface area contributed by atoms with Gasteiger partial charge in [-0.3, -0.25) is 0 Å². The standard InChI is InChI=1S/C12H22O4/c1-6-7-8-16-12(4,10(13)14)9-11(2,3)15-5/h6H,1,7-9H2,2-5H3,(H,13,14). The van der Waals surface area contributed by atoms with Crippen molar-refractivity contribution < 1.29 is 19.4 Å². The smallest absolute Gasteiger partial charge is 0.335 e. The van der Waals surface area contributed by atoms with E-state index in [0.717, 1.165) is 0 Å². The Kier molecular flexibility index (Phi) is 5.68. The quantitative estimate of drug-likeness (QED) is 0.513. The van der Waals surface area contributed by atoms with Gasteiger partial charge in [-0.1, -0.05) is 6.08 Å². The topological polar surface area (TPSA) is 55.8 Å². The number of aliphatic carboxylic acids is 1. The van der Waals surface area contributed by atoms with Crippen molar-refractivity contribution >= 4 is 5.97 Å². The second kappa shape index (κ2) is 6.01. The van der Waals surface area contributed by atoms with Crippen molar-refractivity contribution in [2.45, 2.75) is 44.8 Å². The molecule has 0 radical (unpaired) electrons. The Labute approximate surface area is 97.2 Å². The Bertz CT molecular complexity index is 247. The first-order valence-electron chi connectivity index (χ1n) is 5.31. The van der Waals surface area contributed by atoms with Crippen molar-refractivity contribution in [2.75, 3.05) is 13.7 Å². The molecule has 0 saturated carbocycles. The van der Waals surface area contributed by atoms with Gasteiger partial charge in [0.05, 0.1) is 12.2 Å². The summed E-state index contributed by atoms with van der Waals surface area (Å²) < 4.78 is 10.6. The highest BCUT2D eigenvalue weighted by Crippen LogP contribution is 2.26. The van der Waals surface area contributed by atoms with Crippen LogP contribution in [0.4, 0.5) is 0 Å². The lowest BCUT2D eigenvalue weighted by Crippen LogP contribution is -2.45. The Balaban J connectivity index is 4.56. The van der Waals surface area contributed by atoms with Gasteiger partial charge < -0.3 is 14.6 Å². The lowest BCUT2D eigenvalue weighted by atomic mass is 9.90. The zero-order chi connectivity index (χ0) is 12.8. The molecule has 0 aromatic rings. The number of hydrogen-bond acceptors (Lipinski definition) is 3. The second-order valence-corrected chi connectivity index (χ2v) is 4.60. The lowest BCUT2D eigenvalue weighted by molar-refractivity contribution is -0.172. The summed E-state index contributed by atoms with van der Waals surface area (Å²) in [6, 6.07) is 0. The first kappa shape index (κ1) is 15.1. The molecule has 1 atom stereocenters. The van der Waals surface area contributed by atoms with Gasteiger partial charge in [0.2, 0.25) is 0 Å². The van der Waals surface area contributed by atoms with Gasteiger partial charge in [-0.05, 0) is 27.2 Å². The summed E-state index contributed by atoms with van der Waals surface area (Å²) in [4.78, 5) is 11.2. The largest absolute Gasteiger partial charge is 0.479 e. The number of carboxylic acids is 1. The van der Waals surface area contributed by atoms with Crippen LogP contribution in [-0.2, 0) is 14.3 Å².